The molecule has 2 rings (SSSR count). The third kappa shape index (κ3) is 4.29. The average Bonchev–Trinajstić information content (AvgIpc) is 2.35. The van der Waals surface area contributed by atoms with Gasteiger partial charge in [0, 0.05) is 32.2 Å². The Bertz CT molecular complexity index is 416. The van der Waals surface area contributed by atoms with Crippen molar-refractivity contribution >= 4 is 5.91 Å². The second-order valence-electron chi connectivity index (χ2n) is 4.97. The Labute approximate surface area is 112 Å². The highest BCUT2D eigenvalue weighted by Crippen LogP contribution is 2.13. The summed E-state index contributed by atoms with van der Waals surface area (Å²) in [5.41, 5.74) is 1.01. The van der Waals surface area contributed by atoms with Gasteiger partial charge in [0.25, 0.3) is 0 Å². The van der Waals surface area contributed by atoms with Crippen LogP contribution < -0.4 is 5.32 Å². The number of amides is 1. The van der Waals surface area contributed by atoms with Gasteiger partial charge in [0.05, 0.1) is 6.54 Å². The van der Waals surface area contributed by atoms with E-state index < -0.39 is 0 Å². The van der Waals surface area contributed by atoms with Crippen molar-refractivity contribution in [3.8, 4) is 0 Å². The summed E-state index contributed by atoms with van der Waals surface area (Å²) in [6.45, 7) is 2.73. The van der Waals surface area contributed by atoms with Gasteiger partial charge in [-0.3, -0.25) is 9.69 Å². The number of aliphatic hydroxyl groups is 1. The van der Waals surface area contributed by atoms with Gasteiger partial charge in [-0.05, 0) is 24.1 Å². The molecular weight excluding hydrogens is 247 g/mol. The smallest absolute Gasteiger partial charge is 0.234 e. The van der Waals surface area contributed by atoms with E-state index in [0.717, 1.165) is 18.7 Å². The van der Waals surface area contributed by atoms with Crippen molar-refractivity contribution in [2.75, 3.05) is 32.8 Å². The van der Waals surface area contributed by atoms with Crippen LogP contribution in [0.5, 0.6) is 0 Å². The largest absolute Gasteiger partial charge is 0.396 e. The van der Waals surface area contributed by atoms with E-state index in [4.69, 9.17) is 5.11 Å². The molecule has 1 aliphatic heterocycles. The number of carbonyl (C=O) groups excluding carboxylic acids is 1. The summed E-state index contributed by atoms with van der Waals surface area (Å²) in [6.07, 6.45) is 0.700. The first kappa shape index (κ1) is 14.0. The molecule has 0 aliphatic carbocycles. The van der Waals surface area contributed by atoms with Gasteiger partial charge < -0.3 is 10.4 Å². The van der Waals surface area contributed by atoms with Gasteiger partial charge in [0.1, 0.15) is 5.82 Å². The van der Waals surface area contributed by atoms with Crippen molar-refractivity contribution in [1.29, 1.82) is 0 Å². The minimum absolute atomic E-state index is 0.00139. The Hall–Kier alpha value is -1.46. The van der Waals surface area contributed by atoms with Crippen LogP contribution in [0.2, 0.25) is 0 Å². The van der Waals surface area contributed by atoms with Gasteiger partial charge >= 0.3 is 0 Å². The minimum atomic E-state index is -0.246. The number of aliphatic hydroxyl groups excluding tert-OH is 1. The Morgan fingerprint density at radius 2 is 2.05 bits per heavy atom. The molecule has 1 amide bonds. The Balaban J connectivity index is 1.60. The molecule has 104 valence electrons. The summed E-state index contributed by atoms with van der Waals surface area (Å²) in [5, 5.41) is 11.7. The number of hydrogen-bond acceptors (Lipinski definition) is 3. The molecule has 5 heteroatoms. The Kier molecular flexibility index (Phi) is 4.87. The molecule has 0 bridgehead atoms. The van der Waals surface area contributed by atoms with E-state index in [2.05, 4.69) is 5.32 Å². The quantitative estimate of drug-likeness (QED) is 0.784. The predicted octanol–water partition coefficient (Wildman–Crippen LogP) is 0.408. The lowest BCUT2D eigenvalue weighted by Crippen LogP contribution is -2.52. The molecule has 19 heavy (non-hydrogen) atoms. The molecular formula is C14H19FN2O2. The van der Waals surface area contributed by atoms with Crippen LogP contribution >= 0.6 is 0 Å². The maximum absolute atomic E-state index is 12.7. The van der Waals surface area contributed by atoms with E-state index >= 15 is 0 Å². The predicted molar refractivity (Wildman–Crippen MR) is 70.1 cm³/mol. The van der Waals surface area contributed by atoms with Gasteiger partial charge in [0.15, 0.2) is 0 Å². The van der Waals surface area contributed by atoms with Crippen LogP contribution in [-0.2, 0) is 11.2 Å². The molecule has 1 saturated heterocycles. The number of hydrogen-bond donors (Lipinski definition) is 2. The van der Waals surface area contributed by atoms with Crippen LogP contribution in [0.1, 0.15) is 5.56 Å². The zero-order valence-electron chi connectivity index (χ0n) is 10.8. The Morgan fingerprint density at radius 3 is 2.68 bits per heavy atom. The summed E-state index contributed by atoms with van der Waals surface area (Å²) in [5.74, 6) is 0.0783. The average molecular weight is 266 g/mol. The van der Waals surface area contributed by atoms with E-state index in [9.17, 15) is 9.18 Å². The summed E-state index contributed by atoms with van der Waals surface area (Å²) in [6, 6.07) is 6.30. The molecule has 0 spiro atoms. The molecule has 1 aromatic carbocycles. The fourth-order valence-corrected chi connectivity index (χ4v) is 2.18. The van der Waals surface area contributed by atoms with Crippen molar-refractivity contribution in [1.82, 2.24) is 10.2 Å². The number of likely N-dealkylation sites (tertiary alicyclic amines) is 1. The first-order valence-electron chi connectivity index (χ1n) is 6.51. The second-order valence-corrected chi connectivity index (χ2v) is 4.97. The van der Waals surface area contributed by atoms with Gasteiger partial charge in [-0.1, -0.05) is 12.1 Å². The first-order chi connectivity index (χ1) is 9.17. The van der Waals surface area contributed by atoms with Crippen molar-refractivity contribution in [2.24, 2.45) is 5.92 Å². The van der Waals surface area contributed by atoms with Crippen LogP contribution in [0.15, 0.2) is 24.3 Å². The van der Waals surface area contributed by atoms with E-state index in [1.165, 1.54) is 12.1 Å². The van der Waals surface area contributed by atoms with E-state index in [-0.39, 0.29) is 18.3 Å². The first-order valence-corrected chi connectivity index (χ1v) is 6.51. The minimum Gasteiger partial charge on any atom is -0.396 e. The molecule has 0 radical (unpaired) electrons. The molecule has 0 unspecified atom stereocenters. The van der Waals surface area contributed by atoms with Crippen LogP contribution in [0.4, 0.5) is 4.39 Å². The lowest BCUT2D eigenvalue weighted by molar-refractivity contribution is -0.124. The summed E-state index contributed by atoms with van der Waals surface area (Å²) >= 11 is 0. The van der Waals surface area contributed by atoms with Gasteiger partial charge in [-0.25, -0.2) is 4.39 Å². The third-order valence-electron chi connectivity index (χ3n) is 3.31. The molecule has 1 aliphatic rings. The van der Waals surface area contributed by atoms with Crippen LogP contribution in [-0.4, -0.2) is 48.7 Å². The van der Waals surface area contributed by atoms with E-state index in [0.29, 0.717) is 25.4 Å². The molecule has 0 saturated carbocycles. The molecule has 1 aromatic rings. The standard InChI is InChI=1S/C14H19FN2O2/c15-13-3-1-11(2-4-13)5-6-16-14(19)9-17-7-12(8-17)10-18/h1-4,12,18H,5-10H2,(H,16,19). The maximum atomic E-state index is 12.7. The van der Waals surface area contributed by atoms with Crippen molar-refractivity contribution in [3.63, 3.8) is 0 Å². The molecule has 2 N–H and O–H groups in total. The number of nitrogens with one attached hydrogen (secondary N) is 1. The molecule has 0 atom stereocenters. The molecule has 1 heterocycles. The Morgan fingerprint density at radius 1 is 1.37 bits per heavy atom. The SMILES string of the molecule is O=C(CN1CC(CO)C1)NCCc1ccc(F)cc1. The van der Waals surface area contributed by atoms with E-state index in [1.807, 2.05) is 4.90 Å². The monoisotopic (exact) mass is 266 g/mol. The lowest BCUT2D eigenvalue weighted by atomic mass is 10.0. The summed E-state index contributed by atoms with van der Waals surface area (Å²) < 4.78 is 12.7. The number of carbonyl (C=O) groups is 1. The highest BCUT2D eigenvalue weighted by atomic mass is 19.1. The summed E-state index contributed by atoms with van der Waals surface area (Å²) in [4.78, 5) is 13.6. The highest BCUT2D eigenvalue weighted by molar-refractivity contribution is 5.78. The normalized spacial score (nSPS) is 16.1. The van der Waals surface area contributed by atoms with Gasteiger partial charge in [-0.2, -0.15) is 0 Å². The fourth-order valence-electron chi connectivity index (χ4n) is 2.18. The van der Waals surface area contributed by atoms with Crippen molar-refractivity contribution in [2.45, 2.75) is 6.42 Å². The number of halogens is 1. The van der Waals surface area contributed by atoms with Crippen molar-refractivity contribution in [3.05, 3.63) is 35.6 Å². The number of nitrogens with zero attached hydrogens (tertiary/aromatic N) is 1. The number of benzene rings is 1. The topological polar surface area (TPSA) is 52.6 Å². The zero-order chi connectivity index (χ0) is 13.7. The number of rotatable bonds is 6. The second kappa shape index (κ2) is 6.63. The van der Waals surface area contributed by atoms with Gasteiger partial charge in [-0.15, -0.1) is 0 Å². The molecule has 4 nitrogen and oxygen atoms in total. The van der Waals surface area contributed by atoms with Crippen molar-refractivity contribution < 1.29 is 14.3 Å². The molecule has 0 aromatic heterocycles. The third-order valence-corrected chi connectivity index (χ3v) is 3.31. The lowest BCUT2D eigenvalue weighted by Gasteiger charge is -2.37. The van der Waals surface area contributed by atoms with Crippen LogP contribution in [0, 0.1) is 11.7 Å². The summed E-state index contributed by atoms with van der Waals surface area (Å²) in [7, 11) is 0. The highest BCUT2D eigenvalue weighted by Gasteiger charge is 2.26. The molecule has 1 fully saturated rings. The van der Waals surface area contributed by atoms with Crippen LogP contribution in [0.25, 0.3) is 0 Å². The zero-order valence-corrected chi connectivity index (χ0v) is 10.8. The fraction of sp³-hybridized carbons (Fsp3) is 0.500. The maximum Gasteiger partial charge on any atom is 0.234 e. The van der Waals surface area contributed by atoms with Crippen LogP contribution in [0.3, 0.4) is 0 Å². The van der Waals surface area contributed by atoms with Gasteiger partial charge in [0.2, 0.25) is 5.91 Å². The van der Waals surface area contributed by atoms with E-state index in [1.54, 1.807) is 12.1 Å².